The van der Waals surface area contributed by atoms with Crippen molar-refractivity contribution in [3.8, 4) is 23.0 Å². The number of fused-ring (bicyclic) bond motifs is 1. The van der Waals surface area contributed by atoms with Crippen LogP contribution in [0.2, 0.25) is 0 Å². The Labute approximate surface area is 150 Å². The minimum absolute atomic E-state index is 0.128. The molecule has 0 spiro atoms. The highest BCUT2D eigenvalue weighted by atomic mass is 19.1. The zero-order chi connectivity index (χ0) is 18.1. The third-order valence-electron chi connectivity index (χ3n) is 4.42. The van der Waals surface area contributed by atoms with Crippen LogP contribution in [0.1, 0.15) is 17.5 Å². The molecule has 0 radical (unpaired) electrons. The number of ether oxygens (including phenoxy) is 4. The number of hydrogen-bond acceptors (Lipinski definition) is 6. The van der Waals surface area contributed by atoms with E-state index in [1.165, 1.54) is 12.1 Å². The van der Waals surface area contributed by atoms with E-state index in [4.69, 9.17) is 23.8 Å². The fourth-order valence-corrected chi connectivity index (χ4v) is 3.19. The normalized spacial score (nSPS) is 17.7. The highest BCUT2D eigenvalue weighted by molar-refractivity contribution is 6.01. The molecule has 2 aromatic carbocycles. The van der Waals surface area contributed by atoms with Crippen molar-refractivity contribution in [3.05, 3.63) is 47.3 Å². The third kappa shape index (κ3) is 2.89. The fourth-order valence-electron chi connectivity index (χ4n) is 3.19. The number of rotatable bonds is 5. The number of methoxy groups -OCH3 is 2. The molecule has 0 saturated heterocycles. The van der Waals surface area contributed by atoms with Gasteiger partial charge in [0.1, 0.15) is 11.9 Å². The SMILES string of the molecule is COc1cc(CC2CC(c3ccc(F)cc3)=NO2)c(OC)c2c1OCO2. The second-order valence-electron chi connectivity index (χ2n) is 6.02. The van der Waals surface area contributed by atoms with E-state index in [1.807, 2.05) is 6.07 Å². The van der Waals surface area contributed by atoms with Crippen molar-refractivity contribution in [2.24, 2.45) is 5.16 Å². The molecular weight excluding hydrogens is 341 g/mol. The lowest BCUT2D eigenvalue weighted by Crippen LogP contribution is -2.13. The Hall–Kier alpha value is -2.96. The van der Waals surface area contributed by atoms with Gasteiger partial charge < -0.3 is 23.8 Å². The van der Waals surface area contributed by atoms with Crippen LogP contribution in [-0.2, 0) is 11.3 Å². The predicted octanol–water partition coefficient (Wildman–Crippen LogP) is 3.31. The molecule has 2 aliphatic heterocycles. The van der Waals surface area contributed by atoms with Crippen molar-refractivity contribution in [1.29, 1.82) is 0 Å². The molecule has 2 aromatic rings. The molecule has 0 amide bonds. The van der Waals surface area contributed by atoms with Gasteiger partial charge in [-0.1, -0.05) is 17.3 Å². The molecular formula is C19H18FNO5. The number of oxime groups is 1. The first-order valence-electron chi connectivity index (χ1n) is 8.21. The Morgan fingerprint density at radius 3 is 2.62 bits per heavy atom. The van der Waals surface area contributed by atoms with E-state index < -0.39 is 0 Å². The van der Waals surface area contributed by atoms with E-state index in [1.54, 1.807) is 26.4 Å². The second kappa shape index (κ2) is 6.74. The Balaban J connectivity index is 1.54. The van der Waals surface area contributed by atoms with E-state index >= 15 is 0 Å². The molecule has 0 fully saturated rings. The smallest absolute Gasteiger partial charge is 0.231 e. The fraction of sp³-hybridized carbons (Fsp3) is 0.316. The van der Waals surface area contributed by atoms with Crippen LogP contribution >= 0.6 is 0 Å². The summed E-state index contributed by atoms with van der Waals surface area (Å²) in [7, 11) is 3.17. The first-order chi connectivity index (χ1) is 12.7. The van der Waals surface area contributed by atoms with Crippen LogP contribution in [0.15, 0.2) is 35.5 Å². The number of nitrogens with zero attached hydrogens (tertiary/aromatic N) is 1. The van der Waals surface area contributed by atoms with Crippen molar-refractivity contribution in [3.63, 3.8) is 0 Å². The van der Waals surface area contributed by atoms with Gasteiger partial charge in [0, 0.05) is 18.4 Å². The van der Waals surface area contributed by atoms with Gasteiger partial charge in [-0.05, 0) is 23.8 Å². The quantitative estimate of drug-likeness (QED) is 0.820. The molecule has 0 aliphatic carbocycles. The summed E-state index contributed by atoms with van der Waals surface area (Å²) in [5.74, 6) is 2.01. The Bertz CT molecular complexity index is 850. The summed E-state index contributed by atoms with van der Waals surface area (Å²) in [6.07, 6.45) is 1.02. The Morgan fingerprint density at radius 1 is 1.12 bits per heavy atom. The van der Waals surface area contributed by atoms with Crippen LogP contribution in [0.5, 0.6) is 23.0 Å². The maximum atomic E-state index is 13.1. The maximum Gasteiger partial charge on any atom is 0.231 e. The molecule has 4 rings (SSSR count). The maximum absolute atomic E-state index is 13.1. The molecule has 136 valence electrons. The van der Waals surface area contributed by atoms with Crippen molar-refractivity contribution < 1.29 is 28.2 Å². The lowest BCUT2D eigenvalue weighted by Gasteiger charge is -2.15. The molecule has 0 bridgehead atoms. The summed E-state index contributed by atoms with van der Waals surface area (Å²) in [6.45, 7) is 0.128. The average Bonchev–Trinajstić information content (AvgIpc) is 3.31. The Morgan fingerprint density at radius 2 is 1.88 bits per heavy atom. The topological polar surface area (TPSA) is 58.5 Å². The van der Waals surface area contributed by atoms with Crippen LogP contribution < -0.4 is 18.9 Å². The molecule has 0 aromatic heterocycles. The summed E-state index contributed by atoms with van der Waals surface area (Å²) < 4.78 is 35.0. The first kappa shape index (κ1) is 16.5. The van der Waals surface area contributed by atoms with Gasteiger partial charge in [-0.15, -0.1) is 0 Å². The average molecular weight is 359 g/mol. The van der Waals surface area contributed by atoms with Gasteiger partial charge >= 0.3 is 0 Å². The molecule has 2 aliphatic rings. The van der Waals surface area contributed by atoms with Gasteiger partial charge in [-0.25, -0.2) is 4.39 Å². The predicted molar refractivity (Wildman–Crippen MR) is 91.8 cm³/mol. The molecule has 0 N–H and O–H groups in total. The summed E-state index contributed by atoms with van der Waals surface area (Å²) in [5.41, 5.74) is 2.53. The van der Waals surface area contributed by atoms with Gasteiger partial charge in [0.15, 0.2) is 11.5 Å². The second-order valence-corrected chi connectivity index (χ2v) is 6.02. The minimum Gasteiger partial charge on any atom is -0.493 e. The van der Waals surface area contributed by atoms with E-state index in [-0.39, 0.29) is 18.7 Å². The minimum atomic E-state index is -0.276. The van der Waals surface area contributed by atoms with Crippen LogP contribution in [0, 0.1) is 5.82 Å². The van der Waals surface area contributed by atoms with Crippen molar-refractivity contribution in [1.82, 2.24) is 0 Å². The summed E-state index contributed by atoms with van der Waals surface area (Å²) in [4.78, 5) is 5.57. The van der Waals surface area contributed by atoms with Gasteiger partial charge in [-0.3, -0.25) is 0 Å². The van der Waals surface area contributed by atoms with Crippen LogP contribution in [0.25, 0.3) is 0 Å². The van der Waals surface area contributed by atoms with Crippen LogP contribution in [0.4, 0.5) is 4.39 Å². The monoisotopic (exact) mass is 359 g/mol. The summed E-state index contributed by atoms with van der Waals surface area (Å²) in [5, 5.41) is 4.15. The molecule has 6 nitrogen and oxygen atoms in total. The van der Waals surface area contributed by atoms with Gasteiger partial charge in [-0.2, -0.15) is 0 Å². The van der Waals surface area contributed by atoms with Crippen LogP contribution in [0.3, 0.4) is 0 Å². The lowest BCUT2D eigenvalue weighted by atomic mass is 9.99. The largest absolute Gasteiger partial charge is 0.493 e. The van der Waals surface area contributed by atoms with E-state index in [2.05, 4.69) is 5.16 Å². The molecule has 0 saturated carbocycles. The standard InChI is InChI=1S/C19H18FNO5/c1-22-16-8-12(17(23-2)19-18(16)24-10-25-19)7-14-9-15(21-26-14)11-3-5-13(20)6-4-11/h3-6,8,14H,7,9-10H2,1-2H3. The zero-order valence-corrected chi connectivity index (χ0v) is 14.5. The van der Waals surface area contributed by atoms with E-state index in [9.17, 15) is 4.39 Å². The third-order valence-corrected chi connectivity index (χ3v) is 4.42. The van der Waals surface area contributed by atoms with Gasteiger partial charge in [0.25, 0.3) is 0 Å². The number of hydrogen-bond donors (Lipinski definition) is 0. The Kier molecular flexibility index (Phi) is 4.28. The summed E-state index contributed by atoms with van der Waals surface area (Å²) in [6, 6.07) is 8.09. The highest BCUT2D eigenvalue weighted by Crippen LogP contribution is 2.50. The number of benzene rings is 2. The van der Waals surface area contributed by atoms with Gasteiger partial charge in [0.2, 0.25) is 18.3 Å². The zero-order valence-electron chi connectivity index (χ0n) is 14.5. The molecule has 7 heteroatoms. The van der Waals surface area contributed by atoms with Crippen molar-refractivity contribution >= 4 is 5.71 Å². The molecule has 2 heterocycles. The summed E-state index contributed by atoms with van der Waals surface area (Å²) >= 11 is 0. The first-order valence-corrected chi connectivity index (χ1v) is 8.21. The van der Waals surface area contributed by atoms with E-state index in [0.717, 1.165) is 16.8 Å². The van der Waals surface area contributed by atoms with Crippen LogP contribution in [-0.4, -0.2) is 32.8 Å². The van der Waals surface area contributed by atoms with Gasteiger partial charge in [0.05, 0.1) is 19.9 Å². The molecule has 26 heavy (non-hydrogen) atoms. The van der Waals surface area contributed by atoms with Crippen molar-refractivity contribution in [2.45, 2.75) is 18.9 Å². The number of halogens is 1. The molecule has 1 unspecified atom stereocenters. The lowest BCUT2D eigenvalue weighted by molar-refractivity contribution is 0.0853. The van der Waals surface area contributed by atoms with E-state index in [0.29, 0.717) is 35.8 Å². The van der Waals surface area contributed by atoms with Crippen molar-refractivity contribution in [2.75, 3.05) is 21.0 Å². The molecule has 1 atom stereocenters. The highest BCUT2D eigenvalue weighted by Gasteiger charge is 2.30.